The van der Waals surface area contributed by atoms with Crippen LogP contribution in [0.1, 0.15) is 0 Å². The summed E-state index contributed by atoms with van der Waals surface area (Å²) in [5.74, 6) is 0. The van der Waals surface area contributed by atoms with Crippen LogP contribution in [0.5, 0.6) is 0 Å². The minimum absolute atomic E-state index is 0.0403. The van der Waals surface area contributed by atoms with Crippen LogP contribution < -0.4 is 10.9 Å². The van der Waals surface area contributed by atoms with E-state index >= 15 is 0 Å². The summed E-state index contributed by atoms with van der Waals surface area (Å²) >= 11 is 1.44. The van der Waals surface area contributed by atoms with Crippen molar-refractivity contribution in [3.8, 4) is 0 Å². The molecule has 2 heterocycles. The van der Waals surface area contributed by atoms with Crippen molar-refractivity contribution >= 4 is 21.6 Å². The van der Waals surface area contributed by atoms with Crippen molar-refractivity contribution in [2.45, 2.75) is 6.54 Å². The molecule has 2 aromatic rings. The molecule has 0 radical (unpaired) electrons. The van der Waals surface area contributed by atoms with Crippen molar-refractivity contribution in [3.05, 3.63) is 28.1 Å². The third-order valence-corrected chi connectivity index (χ3v) is 3.34. The van der Waals surface area contributed by atoms with E-state index < -0.39 is 0 Å². The van der Waals surface area contributed by atoms with Crippen LogP contribution in [0.2, 0.25) is 0 Å². The second kappa shape index (κ2) is 5.90. The van der Waals surface area contributed by atoms with Crippen molar-refractivity contribution in [3.63, 3.8) is 0 Å². The zero-order chi connectivity index (χ0) is 12.1. The van der Waals surface area contributed by atoms with Crippen molar-refractivity contribution in [1.29, 1.82) is 0 Å². The Morgan fingerprint density at radius 3 is 3.24 bits per heavy atom. The van der Waals surface area contributed by atoms with E-state index in [4.69, 9.17) is 4.74 Å². The van der Waals surface area contributed by atoms with E-state index in [1.165, 1.54) is 11.3 Å². The lowest BCUT2D eigenvalue weighted by atomic mass is 10.4. The minimum Gasteiger partial charge on any atom is -0.383 e. The normalized spacial score (nSPS) is 11.1. The number of methoxy groups -OCH3 is 1. The van der Waals surface area contributed by atoms with E-state index in [-0.39, 0.29) is 5.56 Å². The Kier molecular flexibility index (Phi) is 4.24. The Labute approximate surface area is 103 Å². The number of hydrogen-bond donors (Lipinski definition) is 1. The van der Waals surface area contributed by atoms with Gasteiger partial charge in [0, 0.05) is 26.7 Å². The fourth-order valence-corrected chi connectivity index (χ4v) is 2.33. The van der Waals surface area contributed by atoms with Gasteiger partial charge in [-0.15, -0.1) is 11.3 Å². The van der Waals surface area contributed by atoms with E-state index in [0.29, 0.717) is 13.2 Å². The van der Waals surface area contributed by atoms with Crippen LogP contribution in [0.15, 0.2) is 22.6 Å². The van der Waals surface area contributed by atoms with E-state index in [2.05, 4.69) is 10.3 Å². The summed E-state index contributed by atoms with van der Waals surface area (Å²) in [7, 11) is 1.67. The molecule has 0 aromatic carbocycles. The number of nitrogens with one attached hydrogen (secondary N) is 1. The second-order valence-corrected chi connectivity index (χ2v) is 4.54. The summed E-state index contributed by atoms with van der Waals surface area (Å²) in [5, 5.41) is 5.08. The molecule has 0 aliphatic heterocycles. The van der Waals surface area contributed by atoms with E-state index in [9.17, 15) is 4.79 Å². The zero-order valence-electron chi connectivity index (χ0n) is 9.68. The Balaban J connectivity index is 1.99. The zero-order valence-corrected chi connectivity index (χ0v) is 10.5. The first kappa shape index (κ1) is 12.2. The minimum atomic E-state index is 0.0403. The molecule has 1 N–H and O–H groups in total. The van der Waals surface area contributed by atoms with Gasteiger partial charge in [-0.1, -0.05) is 0 Å². The number of hydrogen-bond acceptors (Lipinski definition) is 5. The SMILES string of the molecule is COCCNCCn1cnc2ccsc2c1=O. The molecule has 0 spiro atoms. The Morgan fingerprint density at radius 1 is 1.53 bits per heavy atom. The largest absolute Gasteiger partial charge is 0.383 e. The van der Waals surface area contributed by atoms with Gasteiger partial charge < -0.3 is 10.1 Å². The average molecular weight is 253 g/mol. The highest BCUT2D eigenvalue weighted by atomic mass is 32.1. The van der Waals surface area contributed by atoms with E-state index in [1.54, 1.807) is 18.0 Å². The van der Waals surface area contributed by atoms with Crippen LogP contribution in [-0.2, 0) is 11.3 Å². The van der Waals surface area contributed by atoms with Gasteiger partial charge in [0.25, 0.3) is 5.56 Å². The van der Waals surface area contributed by atoms with Gasteiger partial charge in [-0.05, 0) is 11.4 Å². The van der Waals surface area contributed by atoms with Crippen LogP contribution in [0.25, 0.3) is 10.2 Å². The Hall–Kier alpha value is -1.24. The molecule has 0 unspecified atom stereocenters. The number of rotatable bonds is 6. The number of fused-ring (bicyclic) bond motifs is 1. The highest BCUT2D eigenvalue weighted by Gasteiger charge is 2.04. The van der Waals surface area contributed by atoms with Gasteiger partial charge in [-0.25, -0.2) is 4.98 Å². The standard InChI is InChI=1S/C11H15N3O2S/c1-16-6-4-12-3-5-14-8-13-9-2-7-17-10(9)11(14)15/h2,7-8,12H,3-6H2,1H3. The van der Waals surface area contributed by atoms with Gasteiger partial charge in [0.2, 0.25) is 0 Å². The lowest BCUT2D eigenvalue weighted by Gasteiger charge is -2.06. The molecule has 0 bridgehead atoms. The topological polar surface area (TPSA) is 56.1 Å². The molecule has 6 heteroatoms. The van der Waals surface area contributed by atoms with Gasteiger partial charge in [-0.2, -0.15) is 0 Å². The van der Waals surface area contributed by atoms with Gasteiger partial charge in [0.15, 0.2) is 0 Å². The van der Waals surface area contributed by atoms with E-state index in [1.807, 2.05) is 11.4 Å². The lowest BCUT2D eigenvalue weighted by Crippen LogP contribution is -2.28. The van der Waals surface area contributed by atoms with Gasteiger partial charge in [0.05, 0.1) is 18.5 Å². The Bertz CT molecular complexity index is 535. The third-order valence-electron chi connectivity index (χ3n) is 2.45. The van der Waals surface area contributed by atoms with Crippen LogP contribution in [0.3, 0.4) is 0 Å². The first-order valence-electron chi connectivity index (χ1n) is 5.45. The molecule has 0 amide bonds. The molecule has 0 aliphatic carbocycles. The molecule has 0 fully saturated rings. The predicted molar refractivity (Wildman–Crippen MR) is 68.6 cm³/mol. The predicted octanol–water partition coefficient (Wildman–Crippen LogP) is 0.694. The molecule has 0 atom stereocenters. The molecular weight excluding hydrogens is 238 g/mol. The van der Waals surface area contributed by atoms with Crippen molar-refractivity contribution in [2.75, 3.05) is 26.8 Å². The van der Waals surface area contributed by atoms with Crippen molar-refractivity contribution in [1.82, 2.24) is 14.9 Å². The molecule has 5 nitrogen and oxygen atoms in total. The fourth-order valence-electron chi connectivity index (χ4n) is 1.54. The van der Waals surface area contributed by atoms with Gasteiger partial charge in [0.1, 0.15) is 4.70 Å². The van der Waals surface area contributed by atoms with Crippen molar-refractivity contribution < 1.29 is 4.74 Å². The molecule has 2 aromatic heterocycles. The molecule has 0 saturated carbocycles. The molecule has 2 rings (SSSR count). The third kappa shape index (κ3) is 2.91. The van der Waals surface area contributed by atoms with E-state index in [0.717, 1.165) is 23.3 Å². The lowest BCUT2D eigenvalue weighted by molar-refractivity contribution is 0.199. The highest BCUT2D eigenvalue weighted by molar-refractivity contribution is 7.17. The molecular formula is C11H15N3O2S. The maximum atomic E-state index is 12.0. The number of nitrogens with zero attached hydrogens (tertiary/aromatic N) is 2. The summed E-state index contributed by atoms with van der Waals surface area (Å²) in [6.45, 7) is 2.84. The fraction of sp³-hybridized carbons (Fsp3) is 0.455. The quantitative estimate of drug-likeness (QED) is 0.770. The van der Waals surface area contributed by atoms with Gasteiger partial charge in [-0.3, -0.25) is 9.36 Å². The molecule has 0 saturated heterocycles. The summed E-state index contributed by atoms with van der Waals surface area (Å²) in [5.41, 5.74) is 0.821. The monoisotopic (exact) mass is 253 g/mol. The maximum absolute atomic E-state index is 12.0. The Morgan fingerprint density at radius 2 is 2.41 bits per heavy atom. The second-order valence-electron chi connectivity index (χ2n) is 3.62. The van der Waals surface area contributed by atoms with Crippen LogP contribution >= 0.6 is 11.3 Å². The summed E-state index contributed by atoms with van der Waals surface area (Å²) in [6, 6.07) is 1.86. The first-order valence-corrected chi connectivity index (χ1v) is 6.33. The molecule has 17 heavy (non-hydrogen) atoms. The van der Waals surface area contributed by atoms with Gasteiger partial charge >= 0.3 is 0 Å². The van der Waals surface area contributed by atoms with Crippen LogP contribution in [0.4, 0.5) is 0 Å². The maximum Gasteiger partial charge on any atom is 0.271 e. The molecule has 92 valence electrons. The summed E-state index contributed by atoms with van der Waals surface area (Å²) in [6.07, 6.45) is 1.61. The number of ether oxygens (including phenoxy) is 1. The average Bonchev–Trinajstić information content (AvgIpc) is 2.80. The highest BCUT2D eigenvalue weighted by Crippen LogP contribution is 2.12. The van der Waals surface area contributed by atoms with Crippen molar-refractivity contribution in [2.24, 2.45) is 0 Å². The smallest absolute Gasteiger partial charge is 0.271 e. The number of aromatic nitrogens is 2. The van der Waals surface area contributed by atoms with Crippen LogP contribution in [0, 0.1) is 0 Å². The first-order chi connectivity index (χ1) is 8.33. The summed E-state index contributed by atoms with van der Waals surface area (Å²) < 4.78 is 7.29. The summed E-state index contributed by atoms with van der Waals surface area (Å²) in [4.78, 5) is 16.2. The van der Waals surface area contributed by atoms with Crippen LogP contribution in [-0.4, -0.2) is 36.4 Å². The molecule has 0 aliphatic rings. The number of thiophene rings is 1.